The van der Waals surface area contributed by atoms with E-state index in [1.54, 1.807) is 18.2 Å². The van der Waals surface area contributed by atoms with Crippen LogP contribution in [0.1, 0.15) is 21.5 Å². The maximum Gasteiger partial charge on any atom is 0.167 e. The Hall–Kier alpha value is -2.23. The molecule has 0 aromatic heterocycles. The Morgan fingerprint density at radius 3 is 2.85 bits per heavy atom. The van der Waals surface area contributed by atoms with Crippen molar-refractivity contribution in [3.05, 3.63) is 64.7 Å². The number of ketones is 1. The zero-order valence-corrected chi connectivity index (χ0v) is 10.7. The molecule has 20 heavy (non-hydrogen) atoms. The molecule has 0 bridgehead atoms. The number of Topliss-reactive ketones (excluding diaryl/α,β-unsaturated/α-hetero) is 1. The zero-order valence-electron chi connectivity index (χ0n) is 10.7. The highest BCUT2D eigenvalue weighted by atomic mass is 19.1. The maximum atomic E-state index is 13.5. The molecule has 0 N–H and O–H groups in total. The summed E-state index contributed by atoms with van der Waals surface area (Å²) in [5, 5.41) is 0. The molecule has 0 fully saturated rings. The smallest absolute Gasteiger partial charge is 0.167 e. The molecule has 0 unspecified atom stereocenters. The zero-order chi connectivity index (χ0) is 14.1. The summed E-state index contributed by atoms with van der Waals surface area (Å²) in [6.07, 6.45) is 0.619. The molecule has 4 heteroatoms. The van der Waals surface area contributed by atoms with Crippen molar-refractivity contribution in [1.82, 2.24) is 0 Å². The van der Waals surface area contributed by atoms with E-state index in [0.29, 0.717) is 12.2 Å². The first-order valence-corrected chi connectivity index (χ1v) is 6.36. The maximum absolute atomic E-state index is 13.5. The summed E-state index contributed by atoms with van der Waals surface area (Å²) in [5.41, 5.74) is 1.56. The van der Waals surface area contributed by atoms with Crippen molar-refractivity contribution in [3.8, 4) is 5.75 Å². The predicted molar refractivity (Wildman–Crippen MR) is 70.0 cm³/mol. The van der Waals surface area contributed by atoms with Crippen LogP contribution in [0.2, 0.25) is 0 Å². The van der Waals surface area contributed by atoms with E-state index in [-0.39, 0.29) is 17.8 Å². The average Bonchev–Trinajstić information content (AvgIpc) is 2.90. The first-order valence-electron chi connectivity index (χ1n) is 6.36. The van der Waals surface area contributed by atoms with Crippen molar-refractivity contribution >= 4 is 5.78 Å². The lowest BCUT2D eigenvalue weighted by atomic mass is 10.00. The van der Waals surface area contributed by atoms with Gasteiger partial charge >= 0.3 is 0 Å². The van der Waals surface area contributed by atoms with Crippen LogP contribution in [0, 0.1) is 11.6 Å². The minimum atomic E-state index is -0.566. The summed E-state index contributed by atoms with van der Waals surface area (Å²) >= 11 is 0. The monoisotopic (exact) mass is 274 g/mol. The van der Waals surface area contributed by atoms with E-state index in [1.807, 2.05) is 0 Å². The number of fused-ring (bicyclic) bond motifs is 1. The molecule has 2 aromatic rings. The molecule has 0 atom stereocenters. The van der Waals surface area contributed by atoms with Gasteiger partial charge in [-0.2, -0.15) is 0 Å². The van der Waals surface area contributed by atoms with Gasteiger partial charge in [0.15, 0.2) is 5.78 Å². The van der Waals surface area contributed by atoms with Gasteiger partial charge in [0.05, 0.1) is 6.61 Å². The molecule has 3 rings (SSSR count). The van der Waals surface area contributed by atoms with E-state index in [1.165, 1.54) is 0 Å². The summed E-state index contributed by atoms with van der Waals surface area (Å²) in [6.45, 7) is 0.617. The largest absolute Gasteiger partial charge is 0.493 e. The molecule has 102 valence electrons. The molecule has 2 aromatic carbocycles. The van der Waals surface area contributed by atoms with Gasteiger partial charge in [0.25, 0.3) is 0 Å². The third kappa shape index (κ3) is 2.41. The minimum absolute atomic E-state index is 0.0757. The Labute approximate surface area is 115 Å². The van der Waals surface area contributed by atoms with Gasteiger partial charge in [0.1, 0.15) is 17.4 Å². The number of carbonyl (C=O) groups is 1. The Morgan fingerprint density at radius 1 is 1.15 bits per heavy atom. The van der Waals surface area contributed by atoms with Gasteiger partial charge in [0.2, 0.25) is 0 Å². The standard InChI is InChI=1S/C16H12F2O2/c17-13-2-3-14(18)12(8-13)9-15(19)10-1-4-16-11(7-10)5-6-20-16/h1-4,7-8H,5-6,9H2. The third-order valence-corrected chi connectivity index (χ3v) is 3.37. The Morgan fingerprint density at radius 2 is 2.00 bits per heavy atom. The van der Waals surface area contributed by atoms with Gasteiger partial charge in [0, 0.05) is 18.4 Å². The van der Waals surface area contributed by atoms with E-state index in [9.17, 15) is 13.6 Å². The van der Waals surface area contributed by atoms with Crippen LogP contribution in [0.15, 0.2) is 36.4 Å². The van der Waals surface area contributed by atoms with E-state index >= 15 is 0 Å². The quantitative estimate of drug-likeness (QED) is 0.802. The highest BCUT2D eigenvalue weighted by molar-refractivity contribution is 5.97. The Kier molecular flexibility index (Phi) is 3.22. The van der Waals surface area contributed by atoms with Crippen LogP contribution in [-0.4, -0.2) is 12.4 Å². The number of benzene rings is 2. The fraction of sp³-hybridized carbons (Fsp3) is 0.188. The van der Waals surface area contributed by atoms with Gasteiger partial charge in [-0.25, -0.2) is 8.78 Å². The summed E-state index contributed by atoms with van der Waals surface area (Å²) in [4.78, 5) is 12.1. The minimum Gasteiger partial charge on any atom is -0.493 e. The summed E-state index contributed by atoms with van der Waals surface area (Å²) in [5.74, 6) is -0.552. The van der Waals surface area contributed by atoms with Crippen LogP contribution >= 0.6 is 0 Å². The van der Waals surface area contributed by atoms with Crippen LogP contribution in [0.4, 0.5) is 8.78 Å². The van der Waals surface area contributed by atoms with E-state index in [4.69, 9.17) is 4.74 Å². The van der Waals surface area contributed by atoms with E-state index in [2.05, 4.69) is 0 Å². The second-order valence-electron chi connectivity index (χ2n) is 4.76. The summed E-state index contributed by atoms with van der Waals surface area (Å²) < 4.78 is 32.0. The highest BCUT2D eigenvalue weighted by Gasteiger charge is 2.16. The topological polar surface area (TPSA) is 26.3 Å². The second kappa shape index (κ2) is 5.04. The average molecular weight is 274 g/mol. The Bertz CT molecular complexity index is 680. The van der Waals surface area contributed by atoms with Gasteiger partial charge in [-0.05, 0) is 47.5 Å². The number of carbonyl (C=O) groups excluding carboxylic acids is 1. The van der Waals surface area contributed by atoms with Crippen molar-refractivity contribution in [3.63, 3.8) is 0 Å². The van der Waals surface area contributed by atoms with Crippen molar-refractivity contribution in [2.75, 3.05) is 6.61 Å². The number of halogens is 2. The molecule has 1 aliphatic heterocycles. The molecule has 0 aliphatic carbocycles. The molecule has 1 heterocycles. The van der Waals surface area contributed by atoms with Crippen LogP contribution < -0.4 is 4.74 Å². The van der Waals surface area contributed by atoms with Crippen LogP contribution in [0.25, 0.3) is 0 Å². The fourth-order valence-corrected chi connectivity index (χ4v) is 2.31. The SMILES string of the molecule is O=C(Cc1cc(F)ccc1F)c1ccc2c(c1)CCO2. The van der Waals surface area contributed by atoms with Crippen molar-refractivity contribution < 1.29 is 18.3 Å². The lowest BCUT2D eigenvalue weighted by Crippen LogP contribution is -2.06. The lowest BCUT2D eigenvalue weighted by molar-refractivity contribution is 0.0991. The lowest BCUT2D eigenvalue weighted by Gasteiger charge is -2.05. The molecule has 0 saturated carbocycles. The molecule has 0 amide bonds. The number of ether oxygens (including phenoxy) is 1. The Balaban J connectivity index is 1.84. The second-order valence-corrected chi connectivity index (χ2v) is 4.76. The molecule has 2 nitrogen and oxygen atoms in total. The third-order valence-electron chi connectivity index (χ3n) is 3.37. The number of hydrogen-bond acceptors (Lipinski definition) is 2. The molecule has 0 radical (unpaired) electrons. The first kappa shape index (κ1) is 12.8. The van der Waals surface area contributed by atoms with Gasteiger partial charge < -0.3 is 4.74 Å². The predicted octanol–water partition coefficient (Wildman–Crippen LogP) is 3.33. The van der Waals surface area contributed by atoms with Crippen molar-refractivity contribution in [2.45, 2.75) is 12.8 Å². The number of hydrogen-bond donors (Lipinski definition) is 0. The fourth-order valence-electron chi connectivity index (χ4n) is 2.31. The van der Waals surface area contributed by atoms with Gasteiger partial charge in [-0.15, -0.1) is 0 Å². The molecule has 0 saturated heterocycles. The van der Waals surface area contributed by atoms with Crippen molar-refractivity contribution in [2.24, 2.45) is 0 Å². The van der Waals surface area contributed by atoms with E-state index in [0.717, 1.165) is 35.9 Å². The van der Waals surface area contributed by atoms with E-state index < -0.39 is 11.6 Å². The van der Waals surface area contributed by atoms with Gasteiger partial charge in [-0.1, -0.05) is 0 Å². The normalized spacial score (nSPS) is 12.9. The molecule has 0 spiro atoms. The van der Waals surface area contributed by atoms with Crippen LogP contribution in [0.3, 0.4) is 0 Å². The summed E-state index contributed by atoms with van der Waals surface area (Å²) in [7, 11) is 0. The molecule has 1 aliphatic rings. The van der Waals surface area contributed by atoms with Crippen molar-refractivity contribution in [1.29, 1.82) is 0 Å². The van der Waals surface area contributed by atoms with Crippen LogP contribution in [-0.2, 0) is 12.8 Å². The summed E-state index contributed by atoms with van der Waals surface area (Å²) in [6, 6.07) is 8.30. The number of rotatable bonds is 3. The highest BCUT2D eigenvalue weighted by Crippen LogP contribution is 2.26. The molecular formula is C16H12F2O2. The first-order chi connectivity index (χ1) is 9.63. The van der Waals surface area contributed by atoms with Gasteiger partial charge in [-0.3, -0.25) is 4.79 Å². The van der Waals surface area contributed by atoms with Crippen LogP contribution in [0.5, 0.6) is 5.75 Å². The molecular weight excluding hydrogens is 262 g/mol.